The van der Waals surface area contributed by atoms with Crippen LogP contribution in [0.2, 0.25) is 0 Å². The molecular formula is C26H35N3O3. The summed E-state index contributed by atoms with van der Waals surface area (Å²) >= 11 is 0. The monoisotopic (exact) mass is 437 g/mol. The topological polar surface area (TPSA) is 87.2 Å². The van der Waals surface area contributed by atoms with Crippen LogP contribution >= 0.6 is 0 Å². The van der Waals surface area contributed by atoms with Crippen LogP contribution in [-0.4, -0.2) is 33.1 Å². The van der Waals surface area contributed by atoms with Gasteiger partial charge >= 0.3 is 0 Å². The molecule has 32 heavy (non-hydrogen) atoms. The number of hydrogen-bond acceptors (Lipinski definition) is 4. The molecule has 1 aromatic heterocycles. The van der Waals surface area contributed by atoms with Gasteiger partial charge in [-0.1, -0.05) is 25.8 Å². The molecule has 0 saturated heterocycles. The number of H-pyrrole nitrogens is 1. The molecule has 2 aliphatic rings. The number of nitrogens with one attached hydrogen (secondary N) is 2. The molecule has 0 radical (unpaired) electrons. The van der Waals surface area contributed by atoms with Crippen molar-refractivity contribution in [2.75, 3.05) is 6.54 Å². The largest absolute Gasteiger partial charge is 0.508 e. The summed E-state index contributed by atoms with van der Waals surface area (Å²) in [5.41, 5.74) is 3.43. The Kier molecular flexibility index (Phi) is 6.58. The third-order valence-corrected chi connectivity index (χ3v) is 6.96. The van der Waals surface area contributed by atoms with Crippen molar-refractivity contribution in [2.45, 2.75) is 77.2 Å². The van der Waals surface area contributed by atoms with Crippen LogP contribution in [0.25, 0.3) is 0 Å². The van der Waals surface area contributed by atoms with E-state index in [1.807, 2.05) is 6.07 Å². The maximum absolute atomic E-state index is 12.9. The van der Waals surface area contributed by atoms with Gasteiger partial charge in [-0.15, -0.1) is 0 Å². The van der Waals surface area contributed by atoms with E-state index in [2.05, 4.69) is 48.2 Å². The number of carbonyl (C=O) groups is 1. The van der Waals surface area contributed by atoms with E-state index in [1.54, 1.807) is 12.5 Å². The predicted molar refractivity (Wildman–Crippen MR) is 125 cm³/mol. The fourth-order valence-electron chi connectivity index (χ4n) is 5.21. The molecule has 6 heteroatoms. The Hall–Kier alpha value is -2.76. The lowest BCUT2D eigenvalue weighted by Crippen LogP contribution is -2.46. The van der Waals surface area contributed by atoms with Crippen LogP contribution in [0.1, 0.15) is 75.6 Å². The SMILES string of the molecule is CCCCCc1cc(O)c2c(c1)OC(C)(C)[C@@H]1CC=C(C(=O)NCCc3cnc[nH]3)C[C@@H]21. The van der Waals surface area contributed by atoms with Gasteiger partial charge in [-0.2, -0.15) is 0 Å². The fraction of sp³-hybridized carbons (Fsp3) is 0.538. The summed E-state index contributed by atoms with van der Waals surface area (Å²) in [4.78, 5) is 19.9. The minimum absolute atomic E-state index is 0.0236. The van der Waals surface area contributed by atoms with Crippen molar-refractivity contribution in [3.8, 4) is 11.5 Å². The number of hydrogen-bond donors (Lipinski definition) is 3. The molecule has 3 N–H and O–H groups in total. The van der Waals surface area contributed by atoms with Crippen LogP contribution < -0.4 is 10.1 Å². The number of allylic oxidation sites excluding steroid dienone is 1. The Morgan fingerprint density at radius 1 is 1.31 bits per heavy atom. The van der Waals surface area contributed by atoms with Gasteiger partial charge in [0, 0.05) is 47.8 Å². The number of benzene rings is 1. The molecule has 2 aromatic rings. The molecular weight excluding hydrogens is 402 g/mol. The number of aryl methyl sites for hydroxylation is 1. The zero-order chi connectivity index (χ0) is 22.7. The zero-order valence-electron chi connectivity index (χ0n) is 19.4. The van der Waals surface area contributed by atoms with Gasteiger partial charge < -0.3 is 20.1 Å². The van der Waals surface area contributed by atoms with Gasteiger partial charge in [-0.3, -0.25) is 4.79 Å². The maximum Gasteiger partial charge on any atom is 0.246 e. The normalized spacial score (nSPS) is 21.2. The van der Waals surface area contributed by atoms with Gasteiger partial charge in [-0.25, -0.2) is 4.98 Å². The Morgan fingerprint density at radius 2 is 2.16 bits per heavy atom. The predicted octanol–water partition coefficient (Wildman–Crippen LogP) is 4.80. The molecule has 0 bridgehead atoms. The third-order valence-electron chi connectivity index (χ3n) is 6.96. The van der Waals surface area contributed by atoms with Gasteiger partial charge in [0.2, 0.25) is 5.91 Å². The number of phenolic OH excluding ortho intramolecular Hbond substituents is 1. The molecule has 172 valence electrons. The summed E-state index contributed by atoms with van der Waals surface area (Å²) in [5, 5.41) is 14.0. The maximum atomic E-state index is 12.9. The van der Waals surface area contributed by atoms with Crippen molar-refractivity contribution in [3.63, 3.8) is 0 Å². The number of aromatic amines is 1. The van der Waals surface area contributed by atoms with Crippen LogP contribution in [0.3, 0.4) is 0 Å². The Labute approximate surface area is 190 Å². The van der Waals surface area contributed by atoms with Gasteiger partial charge in [0.25, 0.3) is 0 Å². The molecule has 0 spiro atoms. The molecule has 1 amide bonds. The zero-order valence-corrected chi connectivity index (χ0v) is 19.4. The van der Waals surface area contributed by atoms with E-state index >= 15 is 0 Å². The van der Waals surface area contributed by atoms with Crippen molar-refractivity contribution in [1.82, 2.24) is 15.3 Å². The molecule has 6 nitrogen and oxygen atoms in total. The Bertz CT molecular complexity index is 978. The third kappa shape index (κ3) is 4.69. The second kappa shape index (κ2) is 9.39. The number of rotatable bonds is 8. The second-order valence-corrected chi connectivity index (χ2v) is 9.65. The first-order valence-corrected chi connectivity index (χ1v) is 11.9. The first kappa shape index (κ1) is 22.4. The van der Waals surface area contributed by atoms with E-state index in [0.717, 1.165) is 53.8 Å². The average Bonchev–Trinajstić information content (AvgIpc) is 3.26. The minimum Gasteiger partial charge on any atom is -0.508 e. The Morgan fingerprint density at radius 3 is 2.91 bits per heavy atom. The van der Waals surface area contributed by atoms with Gasteiger partial charge in [-0.05, 0) is 57.2 Å². The number of nitrogens with zero attached hydrogens (tertiary/aromatic N) is 1. The molecule has 1 aliphatic carbocycles. The van der Waals surface area contributed by atoms with Crippen molar-refractivity contribution in [3.05, 3.63) is 53.1 Å². The van der Waals surface area contributed by atoms with E-state index < -0.39 is 0 Å². The summed E-state index contributed by atoms with van der Waals surface area (Å²) in [6, 6.07) is 4.00. The highest BCUT2D eigenvalue weighted by Gasteiger charge is 2.46. The van der Waals surface area contributed by atoms with Crippen LogP contribution in [0.15, 0.2) is 36.3 Å². The average molecular weight is 438 g/mol. The summed E-state index contributed by atoms with van der Waals surface area (Å²) in [5.74, 6) is 1.35. The van der Waals surface area contributed by atoms with Crippen molar-refractivity contribution >= 4 is 5.91 Å². The first-order chi connectivity index (χ1) is 15.4. The lowest BCUT2D eigenvalue weighted by atomic mass is 9.67. The molecule has 2 heterocycles. The summed E-state index contributed by atoms with van der Waals surface area (Å²) in [6.45, 7) is 7.00. The Balaban J connectivity index is 1.51. The standard InChI is InChI=1S/C26H35N3O3/c1-4-5-6-7-17-12-22(30)24-20-14-18(25(31)28-11-10-19-15-27-16-29-19)8-9-21(20)26(2,3)32-23(24)13-17/h8,12-13,15-16,20-21,30H,4-7,9-11,14H2,1-3H3,(H,27,29)(H,28,31)/t20-,21-/m1/s1. The highest BCUT2D eigenvalue weighted by molar-refractivity contribution is 5.93. The lowest BCUT2D eigenvalue weighted by Gasteiger charge is -2.47. The fourth-order valence-corrected chi connectivity index (χ4v) is 5.21. The highest BCUT2D eigenvalue weighted by atomic mass is 16.5. The minimum atomic E-state index is -0.356. The quantitative estimate of drug-likeness (QED) is 0.518. The van der Waals surface area contributed by atoms with Gasteiger partial charge in [0.05, 0.1) is 6.33 Å². The number of aromatic nitrogens is 2. The van der Waals surface area contributed by atoms with Crippen molar-refractivity contribution < 1.29 is 14.6 Å². The number of ether oxygens (including phenoxy) is 1. The number of aromatic hydroxyl groups is 1. The van der Waals surface area contributed by atoms with Gasteiger partial charge in [0.15, 0.2) is 0 Å². The molecule has 0 unspecified atom stereocenters. The lowest BCUT2D eigenvalue weighted by molar-refractivity contribution is -0.118. The number of carbonyl (C=O) groups excluding carboxylic acids is 1. The number of amides is 1. The number of fused-ring (bicyclic) bond motifs is 3. The molecule has 4 rings (SSSR count). The van der Waals surface area contributed by atoms with Crippen LogP contribution in [0.4, 0.5) is 0 Å². The molecule has 2 atom stereocenters. The molecule has 1 aliphatic heterocycles. The van der Waals surface area contributed by atoms with Gasteiger partial charge in [0.1, 0.15) is 17.1 Å². The second-order valence-electron chi connectivity index (χ2n) is 9.65. The van der Waals surface area contributed by atoms with E-state index in [0.29, 0.717) is 18.7 Å². The first-order valence-electron chi connectivity index (χ1n) is 11.9. The molecule has 0 saturated carbocycles. The summed E-state index contributed by atoms with van der Waals surface area (Å²) in [6.07, 6.45) is 12.0. The number of phenols is 1. The van der Waals surface area contributed by atoms with E-state index in [1.165, 1.54) is 12.8 Å². The van der Waals surface area contributed by atoms with Crippen molar-refractivity contribution in [1.29, 1.82) is 0 Å². The summed E-state index contributed by atoms with van der Waals surface area (Å²) < 4.78 is 6.42. The van der Waals surface area contributed by atoms with Crippen LogP contribution in [0.5, 0.6) is 11.5 Å². The van der Waals surface area contributed by atoms with Crippen LogP contribution in [0, 0.1) is 5.92 Å². The van der Waals surface area contributed by atoms with Crippen molar-refractivity contribution in [2.24, 2.45) is 5.92 Å². The molecule has 1 aromatic carbocycles. The van der Waals surface area contributed by atoms with E-state index in [9.17, 15) is 9.90 Å². The summed E-state index contributed by atoms with van der Waals surface area (Å²) in [7, 11) is 0. The van der Waals surface area contributed by atoms with Crippen LogP contribution in [-0.2, 0) is 17.6 Å². The molecule has 0 fully saturated rings. The van der Waals surface area contributed by atoms with E-state index in [-0.39, 0.29) is 23.3 Å². The number of unbranched alkanes of at least 4 members (excludes halogenated alkanes) is 2. The smallest absolute Gasteiger partial charge is 0.246 e. The van der Waals surface area contributed by atoms with E-state index in [4.69, 9.17) is 4.74 Å². The highest BCUT2D eigenvalue weighted by Crippen LogP contribution is 2.54. The number of imidazole rings is 1.